The number of aromatic nitrogens is 3. The zero-order chi connectivity index (χ0) is 15.0. The molecule has 0 amide bonds. The molecule has 0 radical (unpaired) electrons. The summed E-state index contributed by atoms with van der Waals surface area (Å²) < 4.78 is 7.60. The van der Waals surface area contributed by atoms with E-state index < -0.39 is 0 Å². The van der Waals surface area contributed by atoms with Crippen LogP contribution in [-0.2, 0) is 6.61 Å². The lowest BCUT2D eigenvalue weighted by Gasteiger charge is -2.09. The topological polar surface area (TPSA) is 65.4 Å². The van der Waals surface area contributed by atoms with Crippen LogP contribution >= 0.6 is 11.6 Å². The Morgan fingerprint density at radius 1 is 1.24 bits per heavy atom. The van der Waals surface area contributed by atoms with Gasteiger partial charge in [-0.05, 0) is 37.1 Å². The van der Waals surface area contributed by atoms with Gasteiger partial charge in [0, 0.05) is 6.20 Å². The molecule has 0 atom stereocenters. The van der Waals surface area contributed by atoms with Gasteiger partial charge in [0.05, 0.1) is 10.7 Å². The van der Waals surface area contributed by atoms with Gasteiger partial charge in [-0.1, -0.05) is 23.7 Å². The van der Waals surface area contributed by atoms with Crippen LogP contribution in [0.15, 0.2) is 30.5 Å². The van der Waals surface area contributed by atoms with Crippen LogP contribution in [0.25, 0.3) is 5.65 Å². The minimum atomic E-state index is 0.297. The van der Waals surface area contributed by atoms with Crippen molar-refractivity contribution >= 4 is 22.9 Å². The Bertz CT molecular complexity index is 813. The van der Waals surface area contributed by atoms with Gasteiger partial charge >= 0.3 is 0 Å². The van der Waals surface area contributed by atoms with E-state index in [-0.39, 0.29) is 0 Å². The molecule has 0 spiro atoms. The molecule has 3 aromatic rings. The van der Waals surface area contributed by atoms with Gasteiger partial charge in [-0.25, -0.2) is 0 Å². The maximum Gasteiger partial charge on any atom is 0.184 e. The molecule has 5 nitrogen and oxygen atoms in total. The first-order chi connectivity index (χ1) is 10.0. The van der Waals surface area contributed by atoms with E-state index in [0.717, 1.165) is 16.9 Å². The summed E-state index contributed by atoms with van der Waals surface area (Å²) in [6, 6.07) is 7.73. The van der Waals surface area contributed by atoms with Crippen molar-refractivity contribution in [1.29, 1.82) is 0 Å². The second-order valence-corrected chi connectivity index (χ2v) is 5.42. The van der Waals surface area contributed by atoms with Gasteiger partial charge in [0.25, 0.3) is 0 Å². The number of hydrogen-bond acceptors (Lipinski definition) is 4. The molecule has 0 saturated carbocycles. The van der Waals surface area contributed by atoms with E-state index in [1.54, 1.807) is 16.7 Å². The fourth-order valence-corrected chi connectivity index (χ4v) is 2.35. The summed E-state index contributed by atoms with van der Waals surface area (Å²) in [6.07, 6.45) is 1.73. The van der Waals surface area contributed by atoms with Crippen molar-refractivity contribution in [3.63, 3.8) is 0 Å². The Morgan fingerprint density at radius 2 is 2.05 bits per heavy atom. The number of nitrogens with zero attached hydrogens (tertiary/aromatic N) is 3. The van der Waals surface area contributed by atoms with Gasteiger partial charge in [0.2, 0.25) is 0 Å². The highest BCUT2D eigenvalue weighted by atomic mass is 35.5. The van der Waals surface area contributed by atoms with Crippen LogP contribution in [0.2, 0.25) is 5.02 Å². The number of rotatable bonds is 3. The molecule has 0 fully saturated rings. The first-order valence-electron chi connectivity index (χ1n) is 6.53. The van der Waals surface area contributed by atoms with Crippen molar-refractivity contribution in [2.24, 2.45) is 0 Å². The van der Waals surface area contributed by atoms with Crippen molar-refractivity contribution < 1.29 is 4.74 Å². The quantitative estimate of drug-likeness (QED) is 0.807. The van der Waals surface area contributed by atoms with E-state index in [9.17, 15) is 0 Å². The molecule has 0 unspecified atom stereocenters. The Kier molecular flexibility index (Phi) is 3.43. The summed E-state index contributed by atoms with van der Waals surface area (Å²) >= 11 is 6.02. The van der Waals surface area contributed by atoms with Gasteiger partial charge in [-0.2, -0.15) is 0 Å². The molecule has 2 aromatic heterocycles. The molecule has 1 aromatic carbocycles. The Labute approximate surface area is 127 Å². The van der Waals surface area contributed by atoms with Gasteiger partial charge in [0.1, 0.15) is 12.4 Å². The average molecular weight is 303 g/mol. The lowest BCUT2D eigenvalue weighted by atomic mass is 10.1. The molecule has 6 heteroatoms. The molecule has 0 aliphatic heterocycles. The summed E-state index contributed by atoms with van der Waals surface area (Å²) in [5, 5.41) is 8.71. The number of hydrogen-bond donors (Lipinski definition) is 1. The average Bonchev–Trinajstić information content (AvgIpc) is 2.83. The summed E-state index contributed by atoms with van der Waals surface area (Å²) in [5.41, 5.74) is 9.17. The number of anilines is 1. The highest BCUT2D eigenvalue weighted by molar-refractivity contribution is 6.30. The fourth-order valence-electron chi connectivity index (χ4n) is 2.13. The fraction of sp³-hybridized carbons (Fsp3) is 0.200. The van der Waals surface area contributed by atoms with E-state index in [0.29, 0.717) is 28.8 Å². The molecule has 0 aliphatic rings. The van der Waals surface area contributed by atoms with Crippen molar-refractivity contribution in [2.45, 2.75) is 20.5 Å². The lowest BCUT2D eigenvalue weighted by molar-refractivity contribution is 0.292. The van der Waals surface area contributed by atoms with Crippen LogP contribution in [0, 0.1) is 13.8 Å². The second-order valence-electron chi connectivity index (χ2n) is 4.98. The van der Waals surface area contributed by atoms with Crippen molar-refractivity contribution in [2.75, 3.05) is 5.73 Å². The standard InChI is InChI=1S/C15H15ClN4O/c1-9-3-4-10(2)13(5-9)21-8-14-18-19-15-12(17)6-11(16)7-20(14)15/h3-7H,8,17H2,1-2H3. The molecular weight excluding hydrogens is 288 g/mol. The third-order valence-electron chi connectivity index (χ3n) is 3.27. The predicted molar refractivity (Wildman–Crippen MR) is 82.7 cm³/mol. The third kappa shape index (κ3) is 2.64. The SMILES string of the molecule is Cc1ccc(C)c(OCc2nnc3c(N)cc(Cl)cn23)c1. The first kappa shape index (κ1) is 13.7. The monoisotopic (exact) mass is 302 g/mol. The molecular formula is C15H15ClN4O. The molecule has 0 saturated heterocycles. The van der Waals surface area contributed by atoms with Gasteiger partial charge in [0.15, 0.2) is 11.5 Å². The van der Waals surface area contributed by atoms with Crippen molar-refractivity contribution in [3.8, 4) is 5.75 Å². The highest BCUT2D eigenvalue weighted by Crippen LogP contribution is 2.22. The van der Waals surface area contributed by atoms with Crippen molar-refractivity contribution in [1.82, 2.24) is 14.6 Å². The Balaban J connectivity index is 1.90. The molecule has 2 N–H and O–H groups in total. The molecule has 3 rings (SSSR count). The van der Waals surface area contributed by atoms with Crippen LogP contribution in [-0.4, -0.2) is 14.6 Å². The summed E-state index contributed by atoms with van der Waals surface area (Å²) in [4.78, 5) is 0. The van der Waals surface area contributed by atoms with Crippen LogP contribution in [0.5, 0.6) is 5.75 Å². The third-order valence-corrected chi connectivity index (χ3v) is 3.48. The van der Waals surface area contributed by atoms with Crippen molar-refractivity contribution in [3.05, 3.63) is 52.4 Å². The molecule has 0 aliphatic carbocycles. The van der Waals surface area contributed by atoms with Crippen LogP contribution < -0.4 is 10.5 Å². The number of nitrogens with two attached hydrogens (primary N) is 1. The maximum absolute atomic E-state index is 6.02. The first-order valence-corrected chi connectivity index (χ1v) is 6.91. The predicted octanol–water partition coefficient (Wildman–Crippen LogP) is 3.16. The van der Waals surface area contributed by atoms with Crippen LogP contribution in [0.3, 0.4) is 0 Å². The van der Waals surface area contributed by atoms with Gasteiger partial charge in [-0.15, -0.1) is 10.2 Å². The number of nitrogen functional groups attached to an aromatic ring is 1. The van der Waals surface area contributed by atoms with E-state index in [4.69, 9.17) is 22.1 Å². The number of fused-ring (bicyclic) bond motifs is 1. The maximum atomic E-state index is 6.02. The number of benzene rings is 1. The molecule has 21 heavy (non-hydrogen) atoms. The van der Waals surface area contributed by atoms with Gasteiger partial charge < -0.3 is 10.5 Å². The Morgan fingerprint density at radius 3 is 2.86 bits per heavy atom. The number of halogens is 1. The van der Waals surface area contributed by atoms with Gasteiger partial charge in [-0.3, -0.25) is 4.40 Å². The zero-order valence-corrected chi connectivity index (χ0v) is 12.6. The normalized spacial score (nSPS) is 11.0. The number of pyridine rings is 1. The Hall–Kier alpha value is -2.27. The molecule has 108 valence electrons. The number of aryl methyl sites for hydroxylation is 2. The summed E-state index contributed by atoms with van der Waals surface area (Å²) in [5.74, 6) is 1.49. The zero-order valence-electron chi connectivity index (χ0n) is 11.8. The highest BCUT2D eigenvalue weighted by Gasteiger charge is 2.10. The minimum absolute atomic E-state index is 0.297. The van der Waals surface area contributed by atoms with E-state index >= 15 is 0 Å². The number of ether oxygens (including phenoxy) is 1. The molecule has 0 bridgehead atoms. The smallest absolute Gasteiger partial charge is 0.184 e. The van der Waals surface area contributed by atoms with E-state index in [2.05, 4.69) is 16.3 Å². The summed E-state index contributed by atoms with van der Waals surface area (Å²) in [6.45, 7) is 4.33. The summed E-state index contributed by atoms with van der Waals surface area (Å²) in [7, 11) is 0. The largest absolute Gasteiger partial charge is 0.485 e. The molecule has 2 heterocycles. The minimum Gasteiger partial charge on any atom is -0.485 e. The van der Waals surface area contributed by atoms with E-state index in [1.165, 1.54) is 0 Å². The lowest BCUT2D eigenvalue weighted by Crippen LogP contribution is -2.03. The van der Waals surface area contributed by atoms with Crippen LogP contribution in [0.1, 0.15) is 17.0 Å². The van der Waals surface area contributed by atoms with Crippen LogP contribution in [0.4, 0.5) is 5.69 Å². The second kappa shape index (κ2) is 5.26. The van der Waals surface area contributed by atoms with E-state index in [1.807, 2.05) is 26.0 Å².